The van der Waals surface area contributed by atoms with Gasteiger partial charge in [0.15, 0.2) is 0 Å². The molecule has 4 fully saturated rings. The van der Waals surface area contributed by atoms with Crippen LogP contribution in [0.25, 0.3) is 0 Å². The molecule has 4 rings (SSSR count). The Morgan fingerprint density at radius 2 is 1.95 bits per heavy atom. The second-order valence-electron chi connectivity index (χ2n) is 13.1. The summed E-state index contributed by atoms with van der Waals surface area (Å²) in [5, 5.41) is 30.5. The van der Waals surface area contributed by atoms with E-state index in [1.54, 1.807) is 0 Å². The number of aliphatic hydroxyl groups excluding tert-OH is 3. The van der Waals surface area contributed by atoms with Gasteiger partial charge in [0.1, 0.15) is 18.3 Å². The van der Waals surface area contributed by atoms with Gasteiger partial charge in [0.05, 0.1) is 6.10 Å². The Morgan fingerprint density at radius 1 is 1.18 bits per heavy atom. The number of carbonyl (C=O) groups is 1. The van der Waals surface area contributed by atoms with Crippen molar-refractivity contribution >= 4 is 5.97 Å². The molecule has 6 nitrogen and oxygen atoms in total. The third-order valence-corrected chi connectivity index (χ3v) is 10.6. The molecule has 1 saturated heterocycles. The van der Waals surface area contributed by atoms with Gasteiger partial charge in [-0.1, -0.05) is 64.5 Å². The molecule has 3 saturated carbocycles. The molecule has 40 heavy (non-hydrogen) atoms. The van der Waals surface area contributed by atoms with Crippen molar-refractivity contribution in [1.82, 2.24) is 0 Å². The summed E-state index contributed by atoms with van der Waals surface area (Å²) in [6, 6.07) is 0. The highest BCUT2D eigenvalue weighted by molar-refractivity contribution is 5.90. The molecule has 6 heteroatoms. The molecule has 0 aromatic heterocycles. The standard InChI is InChI=1S/C34H52O6/c1-6-7-11-26-23(4)33(38)40-30(26)19-21(2)27-14-15-28-24(10-8-16-34(27,28)5)12-13-25-20-29(36)32(31(37)22(25)3)39-18-9-17-35/h12-13,21,26-32,35-37H,3-4,6-11,14-20H2,1-2,5H3/t21-,26-,27-,28+,29-,30-,31-,32+,34-/m1/s1. The zero-order valence-electron chi connectivity index (χ0n) is 24.9. The number of allylic oxidation sites excluding steroid dienone is 3. The molecule has 0 radical (unpaired) electrons. The van der Waals surface area contributed by atoms with E-state index in [9.17, 15) is 15.0 Å². The first-order chi connectivity index (χ1) is 19.1. The van der Waals surface area contributed by atoms with Crippen LogP contribution in [0.2, 0.25) is 0 Å². The summed E-state index contributed by atoms with van der Waals surface area (Å²) >= 11 is 0. The monoisotopic (exact) mass is 556 g/mol. The number of hydrogen-bond donors (Lipinski definition) is 3. The van der Waals surface area contributed by atoms with Gasteiger partial charge in [-0.25, -0.2) is 4.79 Å². The van der Waals surface area contributed by atoms with Crippen molar-refractivity contribution in [2.45, 2.75) is 116 Å². The summed E-state index contributed by atoms with van der Waals surface area (Å²) in [4.78, 5) is 12.3. The summed E-state index contributed by atoms with van der Waals surface area (Å²) in [6.45, 7) is 15.5. The number of carbonyl (C=O) groups excluding carboxylic acids is 1. The fraction of sp³-hybridized carbons (Fsp3) is 0.735. The van der Waals surface area contributed by atoms with E-state index in [2.05, 4.69) is 46.1 Å². The van der Waals surface area contributed by atoms with Crippen molar-refractivity contribution in [2.75, 3.05) is 13.2 Å². The quantitative estimate of drug-likeness (QED) is 0.169. The lowest BCUT2D eigenvalue weighted by Gasteiger charge is -2.45. The van der Waals surface area contributed by atoms with Gasteiger partial charge in [0.2, 0.25) is 0 Å². The Labute approximate surface area is 241 Å². The van der Waals surface area contributed by atoms with Gasteiger partial charge in [-0.3, -0.25) is 0 Å². The van der Waals surface area contributed by atoms with Crippen molar-refractivity contribution in [2.24, 2.45) is 29.1 Å². The van der Waals surface area contributed by atoms with Gasteiger partial charge >= 0.3 is 5.97 Å². The van der Waals surface area contributed by atoms with Crippen LogP contribution < -0.4 is 0 Å². The number of esters is 1. The summed E-state index contributed by atoms with van der Waals surface area (Å²) in [6.07, 6.45) is 12.6. The van der Waals surface area contributed by atoms with Crippen LogP contribution >= 0.6 is 0 Å². The second-order valence-corrected chi connectivity index (χ2v) is 13.1. The van der Waals surface area contributed by atoms with E-state index >= 15 is 0 Å². The minimum absolute atomic E-state index is 0.0154. The molecule has 9 atom stereocenters. The van der Waals surface area contributed by atoms with E-state index in [1.165, 1.54) is 24.8 Å². The first kappa shape index (κ1) is 31.2. The maximum Gasteiger partial charge on any atom is 0.334 e. The highest BCUT2D eigenvalue weighted by atomic mass is 16.6. The smallest absolute Gasteiger partial charge is 0.334 e. The Morgan fingerprint density at radius 3 is 2.67 bits per heavy atom. The van der Waals surface area contributed by atoms with Crippen molar-refractivity contribution in [3.8, 4) is 0 Å². The molecule has 1 aliphatic heterocycles. The molecule has 1 heterocycles. The van der Waals surface area contributed by atoms with E-state index < -0.39 is 18.3 Å². The Balaban J connectivity index is 1.44. The van der Waals surface area contributed by atoms with Crippen molar-refractivity contribution in [1.29, 1.82) is 0 Å². The fourth-order valence-electron chi connectivity index (χ4n) is 8.35. The van der Waals surface area contributed by atoms with Gasteiger partial charge < -0.3 is 24.8 Å². The Bertz CT molecular complexity index is 996. The van der Waals surface area contributed by atoms with Crippen LogP contribution in [0.15, 0.2) is 47.6 Å². The van der Waals surface area contributed by atoms with Crippen molar-refractivity contribution in [3.63, 3.8) is 0 Å². The molecule has 0 aromatic carbocycles. The Hall–Kier alpha value is -1.73. The molecular weight excluding hydrogens is 504 g/mol. The molecule has 3 N–H and O–H groups in total. The second kappa shape index (κ2) is 13.5. The van der Waals surface area contributed by atoms with Gasteiger partial charge in [0.25, 0.3) is 0 Å². The van der Waals surface area contributed by atoms with Crippen LogP contribution in [-0.4, -0.2) is 58.9 Å². The third-order valence-electron chi connectivity index (χ3n) is 10.6. The Kier molecular flexibility index (Phi) is 10.5. The lowest BCUT2D eigenvalue weighted by molar-refractivity contribution is -0.140. The SMILES string of the molecule is C=C1C(=CC=C2CCC[C@]3(C)[C@@H]([C@H](C)C[C@H]4OC(=O)C(=C)[C@H]4CCCC)CC[C@@H]23)C[C@@H](O)[C@H](OCCCO)[C@@H]1O. The molecule has 4 aliphatic rings. The first-order valence-electron chi connectivity index (χ1n) is 15.7. The topological polar surface area (TPSA) is 96.2 Å². The normalized spacial score (nSPS) is 39.1. The molecule has 0 aromatic rings. The fourth-order valence-corrected chi connectivity index (χ4v) is 8.35. The average molecular weight is 557 g/mol. The zero-order chi connectivity index (χ0) is 29.0. The predicted octanol–water partition coefficient (Wildman–Crippen LogP) is 5.82. The lowest BCUT2D eigenvalue weighted by atomic mass is 9.60. The predicted molar refractivity (Wildman–Crippen MR) is 157 cm³/mol. The van der Waals surface area contributed by atoms with Crippen molar-refractivity contribution in [3.05, 3.63) is 47.6 Å². The molecule has 0 bridgehead atoms. The van der Waals surface area contributed by atoms with Crippen LogP contribution in [0.1, 0.15) is 91.4 Å². The number of cyclic esters (lactones) is 1. The van der Waals surface area contributed by atoms with E-state index in [1.807, 2.05) is 0 Å². The highest BCUT2D eigenvalue weighted by Crippen LogP contribution is 2.60. The van der Waals surface area contributed by atoms with E-state index in [4.69, 9.17) is 14.6 Å². The number of rotatable bonds is 11. The molecule has 0 spiro atoms. The van der Waals surface area contributed by atoms with Gasteiger partial charge in [-0.05, 0) is 85.7 Å². The minimum atomic E-state index is -0.956. The lowest BCUT2D eigenvalue weighted by Crippen LogP contribution is -2.45. The highest BCUT2D eigenvalue weighted by Gasteiger charge is 2.51. The summed E-state index contributed by atoms with van der Waals surface area (Å²) in [5.41, 5.74) is 3.84. The van der Waals surface area contributed by atoms with Gasteiger partial charge in [-0.2, -0.15) is 0 Å². The van der Waals surface area contributed by atoms with Gasteiger partial charge in [-0.15, -0.1) is 0 Å². The van der Waals surface area contributed by atoms with E-state index in [0.29, 0.717) is 48.3 Å². The maximum absolute atomic E-state index is 12.3. The van der Waals surface area contributed by atoms with Gasteiger partial charge in [0, 0.05) is 31.1 Å². The van der Waals surface area contributed by atoms with Crippen molar-refractivity contribution < 1.29 is 29.6 Å². The largest absolute Gasteiger partial charge is 0.458 e. The molecular formula is C34H52O6. The van der Waals surface area contributed by atoms with Crippen LogP contribution in [0, 0.1) is 29.1 Å². The number of ether oxygens (including phenoxy) is 2. The van der Waals surface area contributed by atoms with Crippen LogP contribution in [0.5, 0.6) is 0 Å². The number of hydrogen-bond acceptors (Lipinski definition) is 6. The van der Waals surface area contributed by atoms with E-state index in [-0.39, 0.29) is 30.0 Å². The molecule has 3 aliphatic carbocycles. The van der Waals surface area contributed by atoms with E-state index in [0.717, 1.165) is 44.1 Å². The third kappa shape index (κ3) is 6.35. The first-order valence-corrected chi connectivity index (χ1v) is 15.7. The molecule has 0 unspecified atom stereocenters. The maximum atomic E-state index is 12.3. The van der Waals surface area contributed by atoms with Crippen LogP contribution in [0.4, 0.5) is 0 Å². The zero-order valence-corrected chi connectivity index (χ0v) is 24.9. The molecule has 224 valence electrons. The average Bonchev–Trinajstić information content (AvgIpc) is 3.41. The molecule has 0 amide bonds. The van der Waals surface area contributed by atoms with Crippen LogP contribution in [-0.2, 0) is 14.3 Å². The summed E-state index contributed by atoms with van der Waals surface area (Å²) < 4.78 is 11.5. The summed E-state index contributed by atoms with van der Waals surface area (Å²) in [7, 11) is 0. The minimum Gasteiger partial charge on any atom is -0.458 e. The number of unbranched alkanes of at least 4 members (excludes halogenated alkanes) is 1. The number of fused-ring (bicyclic) bond motifs is 1. The summed E-state index contributed by atoms with van der Waals surface area (Å²) in [5.74, 6) is 1.52. The number of aliphatic hydroxyl groups is 3. The van der Waals surface area contributed by atoms with Crippen LogP contribution in [0.3, 0.4) is 0 Å².